The summed E-state index contributed by atoms with van der Waals surface area (Å²) in [5, 5.41) is 0.173. The molecule has 4 N–H and O–H groups in total. The summed E-state index contributed by atoms with van der Waals surface area (Å²) in [5.41, 5.74) is 12.0. The van der Waals surface area contributed by atoms with Crippen LogP contribution in [-0.4, -0.2) is 0 Å². The van der Waals surface area contributed by atoms with Crippen LogP contribution in [0.4, 0.5) is 10.1 Å². The number of nitrogen functional groups attached to an aromatic ring is 1. The molecule has 0 spiro atoms. The molecule has 1 aromatic rings. The quantitative estimate of drug-likeness (QED) is 0.568. The highest BCUT2D eigenvalue weighted by Gasteiger charge is 2.10. The summed E-state index contributed by atoms with van der Waals surface area (Å²) in [6, 6.07) is 1.91. The van der Waals surface area contributed by atoms with Crippen molar-refractivity contribution in [1.29, 1.82) is 0 Å². The van der Waals surface area contributed by atoms with Crippen molar-refractivity contribution in [2.45, 2.75) is 6.04 Å². The second kappa shape index (κ2) is 3.77. The van der Waals surface area contributed by atoms with Crippen molar-refractivity contribution >= 4 is 17.3 Å². The minimum atomic E-state index is -0.492. The molecule has 0 aliphatic rings. The van der Waals surface area contributed by atoms with E-state index < -0.39 is 11.9 Å². The van der Waals surface area contributed by atoms with Crippen LogP contribution in [0.25, 0.3) is 0 Å². The minimum Gasteiger partial charge on any atom is -0.397 e. The van der Waals surface area contributed by atoms with Gasteiger partial charge in [-0.3, -0.25) is 0 Å². The first-order chi connectivity index (χ1) is 6.06. The molecule has 13 heavy (non-hydrogen) atoms. The number of nitrogens with two attached hydrogens (primary N) is 2. The van der Waals surface area contributed by atoms with Crippen molar-refractivity contribution in [3.63, 3.8) is 0 Å². The smallest absolute Gasteiger partial charge is 0.125 e. The maximum absolute atomic E-state index is 12.9. The molecular weight excluding hydrogens is 191 g/mol. The van der Waals surface area contributed by atoms with E-state index in [2.05, 4.69) is 6.58 Å². The summed E-state index contributed by atoms with van der Waals surface area (Å²) in [6.45, 7) is 3.49. The number of rotatable bonds is 2. The Bertz CT molecular complexity index is 339. The molecule has 4 heteroatoms. The van der Waals surface area contributed by atoms with E-state index in [1.165, 1.54) is 12.1 Å². The van der Waals surface area contributed by atoms with Crippen LogP contribution in [0.2, 0.25) is 5.02 Å². The van der Waals surface area contributed by atoms with Gasteiger partial charge in [-0.1, -0.05) is 17.7 Å². The van der Waals surface area contributed by atoms with Gasteiger partial charge in [-0.2, -0.15) is 0 Å². The fourth-order valence-corrected chi connectivity index (χ4v) is 1.22. The third-order valence-corrected chi connectivity index (χ3v) is 2.05. The fraction of sp³-hybridized carbons (Fsp3) is 0.111. The van der Waals surface area contributed by atoms with Crippen LogP contribution in [0.3, 0.4) is 0 Å². The Labute approximate surface area is 81.0 Å². The summed E-state index contributed by atoms with van der Waals surface area (Å²) in [4.78, 5) is 0. The molecule has 0 aromatic heterocycles. The predicted octanol–water partition coefficient (Wildman–Crippen LogP) is 2.25. The lowest BCUT2D eigenvalue weighted by Crippen LogP contribution is -2.10. The molecule has 0 heterocycles. The Kier molecular flexibility index (Phi) is 2.90. The van der Waals surface area contributed by atoms with Gasteiger partial charge in [-0.05, 0) is 12.1 Å². The zero-order valence-corrected chi connectivity index (χ0v) is 7.68. The van der Waals surface area contributed by atoms with E-state index in [0.717, 1.165) is 6.07 Å². The molecule has 0 aliphatic carbocycles. The van der Waals surface area contributed by atoms with Crippen LogP contribution < -0.4 is 11.5 Å². The van der Waals surface area contributed by atoms with Gasteiger partial charge in [-0.25, -0.2) is 4.39 Å². The van der Waals surface area contributed by atoms with Crippen LogP contribution >= 0.6 is 11.6 Å². The normalized spacial score (nSPS) is 12.5. The number of hydrogen-bond acceptors (Lipinski definition) is 2. The van der Waals surface area contributed by atoms with Crippen LogP contribution in [-0.2, 0) is 0 Å². The zero-order valence-electron chi connectivity index (χ0n) is 6.93. The van der Waals surface area contributed by atoms with Gasteiger partial charge in [0.15, 0.2) is 0 Å². The highest BCUT2D eigenvalue weighted by molar-refractivity contribution is 6.33. The maximum Gasteiger partial charge on any atom is 0.125 e. The standard InChI is InChI=1S/C9H10ClFN2/c1-2-8(12)6-3-5(11)4-7(10)9(6)13/h2-4,8H,1,12-13H2. The Morgan fingerprint density at radius 1 is 1.54 bits per heavy atom. The van der Waals surface area contributed by atoms with Gasteiger partial charge in [0.2, 0.25) is 0 Å². The van der Waals surface area contributed by atoms with Crippen molar-refractivity contribution in [3.8, 4) is 0 Å². The molecule has 1 unspecified atom stereocenters. The molecule has 0 radical (unpaired) electrons. The largest absolute Gasteiger partial charge is 0.397 e. The van der Waals surface area contributed by atoms with Gasteiger partial charge in [-0.15, -0.1) is 6.58 Å². The van der Waals surface area contributed by atoms with Crippen molar-refractivity contribution in [2.75, 3.05) is 5.73 Å². The molecular formula is C9H10ClFN2. The SMILES string of the molecule is C=CC(N)c1cc(F)cc(Cl)c1N. The van der Waals surface area contributed by atoms with Crippen LogP contribution in [0.1, 0.15) is 11.6 Å². The number of hydrogen-bond donors (Lipinski definition) is 2. The summed E-state index contributed by atoms with van der Waals surface area (Å²) in [6.07, 6.45) is 1.47. The lowest BCUT2D eigenvalue weighted by atomic mass is 10.1. The van der Waals surface area contributed by atoms with E-state index >= 15 is 0 Å². The van der Waals surface area contributed by atoms with Crippen LogP contribution in [0.15, 0.2) is 24.8 Å². The molecule has 1 rings (SSSR count). The molecule has 0 fully saturated rings. The Balaban J connectivity index is 3.27. The molecule has 2 nitrogen and oxygen atoms in total. The van der Waals surface area contributed by atoms with Gasteiger partial charge < -0.3 is 11.5 Å². The highest BCUT2D eigenvalue weighted by Crippen LogP contribution is 2.28. The molecule has 0 bridgehead atoms. The Hall–Kier alpha value is -1.06. The lowest BCUT2D eigenvalue weighted by Gasteiger charge is -2.11. The summed E-state index contributed by atoms with van der Waals surface area (Å²) >= 11 is 5.67. The number of anilines is 1. The van der Waals surface area contributed by atoms with Crippen molar-refractivity contribution in [2.24, 2.45) is 5.73 Å². The second-order valence-electron chi connectivity index (χ2n) is 2.65. The highest BCUT2D eigenvalue weighted by atomic mass is 35.5. The van der Waals surface area contributed by atoms with Crippen LogP contribution in [0.5, 0.6) is 0 Å². The zero-order chi connectivity index (χ0) is 10.0. The lowest BCUT2D eigenvalue weighted by molar-refractivity contribution is 0.624. The van der Waals surface area contributed by atoms with Crippen LogP contribution in [0, 0.1) is 5.82 Å². The molecule has 0 aliphatic heterocycles. The van der Waals surface area contributed by atoms with E-state index in [0.29, 0.717) is 11.3 Å². The average Bonchev–Trinajstić information content (AvgIpc) is 2.10. The molecule has 1 aromatic carbocycles. The third-order valence-electron chi connectivity index (χ3n) is 1.74. The summed E-state index contributed by atoms with van der Waals surface area (Å²) < 4.78 is 12.9. The van der Waals surface area contributed by atoms with Crippen molar-refractivity contribution < 1.29 is 4.39 Å². The Morgan fingerprint density at radius 2 is 2.15 bits per heavy atom. The van der Waals surface area contributed by atoms with Crippen molar-refractivity contribution in [1.82, 2.24) is 0 Å². The first-order valence-electron chi connectivity index (χ1n) is 3.68. The average molecular weight is 201 g/mol. The minimum absolute atomic E-state index is 0.173. The van der Waals surface area contributed by atoms with Gasteiger partial charge in [0.1, 0.15) is 5.82 Å². The molecule has 70 valence electrons. The van der Waals surface area contributed by atoms with E-state index in [9.17, 15) is 4.39 Å². The first-order valence-corrected chi connectivity index (χ1v) is 4.06. The van der Waals surface area contributed by atoms with E-state index in [1.807, 2.05) is 0 Å². The van der Waals surface area contributed by atoms with Gasteiger partial charge in [0.25, 0.3) is 0 Å². The molecule has 0 amide bonds. The van der Waals surface area contributed by atoms with Gasteiger partial charge in [0, 0.05) is 5.56 Å². The fourth-order valence-electron chi connectivity index (χ4n) is 1.01. The number of halogens is 2. The first kappa shape index (κ1) is 10.0. The summed E-state index contributed by atoms with van der Waals surface area (Å²) in [7, 11) is 0. The predicted molar refractivity (Wildman–Crippen MR) is 52.9 cm³/mol. The second-order valence-corrected chi connectivity index (χ2v) is 3.06. The third kappa shape index (κ3) is 1.99. The van der Waals surface area contributed by atoms with Gasteiger partial charge in [0.05, 0.1) is 16.8 Å². The topological polar surface area (TPSA) is 52.0 Å². The monoisotopic (exact) mass is 200 g/mol. The van der Waals surface area contributed by atoms with Crippen molar-refractivity contribution in [3.05, 3.63) is 41.2 Å². The molecule has 0 saturated carbocycles. The number of benzene rings is 1. The maximum atomic E-state index is 12.9. The van der Waals surface area contributed by atoms with E-state index in [1.54, 1.807) is 0 Å². The van der Waals surface area contributed by atoms with E-state index in [-0.39, 0.29) is 5.02 Å². The Morgan fingerprint density at radius 3 is 2.69 bits per heavy atom. The summed E-state index contributed by atoms with van der Waals surface area (Å²) in [5.74, 6) is -0.452. The molecule has 1 atom stereocenters. The van der Waals surface area contributed by atoms with Gasteiger partial charge >= 0.3 is 0 Å². The van der Waals surface area contributed by atoms with E-state index in [4.69, 9.17) is 23.1 Å². The molecule has 0 saturated heterocycles.